The Bertz CT molecular complexity index is 759. The molecule has 0 aromatic heterocycles. The molecule has 2 aromatic carbocycles. The summed E-state index contributed by atoms with van der Waals surface area (Å²) in [4.78, 5) is 22.3. The number of benzene rings is 2. The second-order valence-corrected chi connectivity index (χ2v) is 4.84. The van der Waals surface area contributed by atoms with Crippen LogP contribution in [0.5, 0.6) is 11.5 Å². The Balaban J connectivity index is 1.81. The quantitative estimate of drug-likeness (QED) is 0.668. The van der Waals surface area contributed by atoms with Gasteiger partial charge in [-0.25, -0.2) is 0 Å². The first-order valence-electron chi connectivity index (χ1n) is 6.56. The number of phenolic OH excluding ortho intramolecular Hbond substituents is 1. The van der Waals surface area contributed by atoms with Gasteiger partial charge < -0.3 is 15.2 Å². The minimum absolute atomic E-state index is 0.105. The number of nitro benzene ring substituents is 1. The Hall–Kier alpha value is -3.09. The van der Waals surface area contributed by atoms with E-state index in [9.17, 15) is 20.0 Å². The van der Waals surface area contributed by atoms with Crippen molar-refractivity contribution in [1.29, 1.82) is 0 Å². The summed E-state index contributed by atoms with van der Waals surface area (Å²) in [7, 11) is 0. The van der Waals surface area contributed by atoms with Crippen molar-refractivity contribution in [3.05, 3.63) is 63.7 Å². The topological polar surface area (TPSA) is 102 Å². The summed E-state index contributed by atoms with van der Waals surface area (Å²) in [6, 6.07) is 10.6. The molecule has 0 fully saturated rings. The smallest absolute Gasteiger partial charge is 0.311 e. The summed E-state index contributed by atoms with van der Waals surface area (Å²) in [5, 5.41) is 23.0. The highest BCUT2D eigenvalue weighted by atomic mass is 16.6. The van der Waals surface area contributed by atoms with Gasteiger partial charge in [0.1, 0.15) is 12.4 Å². The minimum Gasteiger partial charge on any atom is -0.502 e. The van der Waals surface area contributed by atoms with E-state index in [4.69, 9.17) is 4.74 Å². The lowest BCUT2D eigenvalue weighted by Crippen LogP contribution is -2.29. The maximum Gasteiger partial charge on any atom is 0.311 e. The number of para-hydroxylation sites is 1. The molecule has 7 heteroatoms. The van der Waals surface area contributed by atoms with Gasteiger partial charge in [-0.1, -0.05) is 18.2 Å². The normalized spacial score (nSPS) is 15.7. The molecule has 2 aromatic rings. The molecule has 7 nitrogen and oxygen atoms in total. The second kappa shape index (κ2) is 5.36. The Morgan fingerprint density at radius 3 is 2.86 bits per heavy atom. The third kappa shape index (κ3) is 2.44. The minimum atomic E-state index is -0.736. The van der Waals surface area contributed by atoms with Crippen molar-refractivity contribution in [1.82, 2.24) is 5.32 Å². The maximum absolute atomic E-state index is 12.2. The van der Waals surface area contributed by atoms with Gasteiger partial charge in [-0.2, -0.15) is 0 Å². The molecular formula is C15H12N2O5. The molecule has 0 saturated carbocycles. The summed E-state index contributed by atoms with van der Waals surface area (Å²) in [5.74, 6) is -0.228. The molecule has 1 heterocycles. The lowest BCUT2D eigenvalue weighted by Gasteiger charge is -2.11. The molecule has 1 aliphatic heterocycles. The molecule has 112 valence electrons. The molecule has 0 spiro atoms. The summed E-state index contributed by atoms with van der Waals surface area (Å²) < 4.78 is 5.47. The number of hydrogen-bond acceptors (Lipinski definition) is 5. The fraction of sp³-hybridized carbons (Fsp3) is 0.133. The number of ether oxygens (including phenoxy) is 1. The van der Waals surface area contributed by atoms with E-state index in [0.29, 0.717) is 12.4 Å². The number of hydrogen-bond donors (Lipinski definition) is 2. The van der Waals surface area contributed by atoms with Crippen molar-refractivity contribution in [2.45, 2.75) is 6.04 Å². The van der Waals surface area contributed by atoms with Crippen molar-refractivity contribution in [3.8, 4) is 11.5 Å². The van der Waals surface area contributed by atoms with E-state index in [-0.39, 0.29) is 11.6 Å². The maximum atomic E-state index is 12.2. The van der Waals surface area contributed by atoms with E-state index in [0.717, 1.165) is 17.7 Å². The molecule has 1 aliphatic rings. The van der Waals surface area contributed by atoms with Crippen LogP contribution in [0.25, 0.3) is 0 Å². The lowest BCUT2D eigenvalue weighted by molar-refractivity contribution is -0.385. The van der Waals surface area contributed by atoms with Crippen LogP contribution in [0.3, 0.4) is 0 Å². The fourth-order valence-electron chi connectivity index (χ4n) is 2.33. The van der Waals surface area contributed by atoms with Gasteiger partial charge in [0.05, 0.1) is 11.0 Å². The largest absolute Gasteiger partial charge is 0.502 e. The highest BCUT2D eigenvalue weighted by Gasteiger charge is 2.26. The molecule has 1 amide bonds. The van der Waals surface area contributed by atoms with E-state index in [2.05, 4.69) is 5.32 Å². The zero-order valence-electron chi connectivity index (χ0n) is 11.4. The number of aromatic hydroxyl groups is 1. The number of fused-ring (bicyclic) bond motifs is 1. The standard InChI is InChI=1S/C15H12N2O5/c18-13-6-5-9(7-12(13)17(20)21)15(19)16-11-8-22-14-4-2-1-3-10(11)14/h1-7,11,18H,8H2,(H,16,19)/t11-/m1/s1. The van der Waals surface area contributed by atoms with Crippen LogP contribution in [0, 0.1) is 10.1 Å². The predicted octanol–water partition coefficient (Wildman–Crippen LogP) is 2.16. The number of nitro groups is 1. The SMILES string of the molecule is O=C(N[C@@H]1COc2ccccc21)c1ccc(O)c([N+](=O)[O-])c1. The molecule has 0 aliphatic carbocycles. The molecule has 0 unspecified atom stereocenters. The summed E-state index contributed by atoms with van der Waals surface area (Å²) >= 11 is 0. The number of nitrogens with zero attached hydrogens (tertiary/aromatic N) is 1. The second-order valence-electron chi connectivity index (χ2n) is 4.84. The monoisotopic (exact) mass is 300 g/mol. The van der Waals surface area contributed by atoms with Crippen LogP contribution >= 0.6 is 0 Å². The van der Waals surface area contributed by atoms with Crippen molar-refractivity contribution in [2.75, 3.05) is 6.61 Å². The number of rotatable bonds is 3. The number of carbonyl (C=O) groups excluding carboxylic acids is 1. The first kappa shape index (κ1) is 13.9. The van der Waals surface area contributed by atoms with Gasteiger partial charge in [-0.15, -0.1) is 0 Å². The average Bonchev–Trinajstić information content (AvgIpc) is 2.90. The zero-order chi connectivity index (χ0) is 15.7. The van der Waals surface area contributed by atoms with E-state index in [1.54, 1.807) is 0 Å². The summed E-state index contributed by atoms with van der Waals surface area (Å²) in [6.45, 7) is 0.311. The lowest BCUT2D eigenvalue weighted by atomic mass is 10.1. The molecule has 3 rings (SSSR count). The Morgan fingerprint density at radius 1 is 1.32 bits per heavy atom. The highest BCUT2D eigenvalue weighted by molar-refractivity contribution is 5.95. The van der Waals surface area contributed by atoms with Crippen molar-refractivity contribution < 1.29 is 19.6 Å². The Labute approximate surface area is 125 Å². The van der Waals surface area contributed by atoms with Crippen LogP contribution in [-0.4, -0.2) is 22.5 Å². The molecular weight excluding hydrogens is 288 g/mol. The number of amides is 1. The third-order valence-electron chi connectivity index (χ3n) is 3.44. The van der Waals surface area contributed by atoms with Crippen LogP contribution in [0.15, 0.2) is 42.5 Å². The van der Waals surface area contributed by atoms with Gasteiger partial charge in [0.2, 0.25) is 0 Å². The molecule has 2 N–H and O–H groups in total. The zero-order valence-corrected chi connectivity index (χ0v) is 11.4. The van der Waals surface area contributed by atoms with E-state index in [1.807, 2.05) is 24.3 Å². The Morgan fingerprint density at radius 2 is 2.09 bits per heavy atom. The molecule has 0 saturated heterocycles. The Kier molecular flexibility index (Phi) is 3.38. The van der Waals surface area contributed by atoms with E-state index >= 15 is 0 Å². The van der Waals surface area contributed by atoms with Gasteiger partial charge in [-0.3, -0.25) is 14.9 Å². The summed E-state index contributed by atoms with van der Waals surface area (Å²) in [6.07, 6.45) is 0. The molecule has 1 atom stereocenters. The van der Waals surface area contributed by atoms with Crippen molar-refractivity contribution in [2.24, 2.45) is 0 Å². The molecule has 0 radical (unpaired) electrons. The van der Waals surface area contributed by atoms with Crippen LogP contribution in [0.1, 0.15) is 22.0 Å². The number of carbonyl (C=O) groups is 1. The first-order chi connectivity index (χ1) is 10.6. The third-order valence-corrected chi connectivity index (χ3v) is 3.44. The van der Waals surface area contributed by atoms with Crippen molar-refractivity contribution >= 4 is 11.6 Å². The average molecular weight is 300 g/mol. The van der Waals surface area contributed by atoms with Gasteiger partial charge >= 0.3 is 5.69 Å². The van der Waals surface area contributed by atoms with Gasteiger partial charge in [0.15, 0.2) is 5.75 Å². The fourth-order valence-corrected chi connectivity index (χ4v) is 2.33. The molecule has 0 bridgehead atoms. The van der Waals surface area contributed by atoms with Crippen molar-refractivity contribution in [3.63, 3.8) is 0 Å². The predicted molar refractivity (Wildman–Crippen MR) is 76.9 cm³/mol. The van der Waals surface area contributed by atoms with Gasteiger partial charge in [0, 0.05) is 17.2 Å². The van der Waals surface area contributed by atoms with Gasteiger partial charge in [-0.05, 0) is 18.2 Å². The van der Waals surface area contributed by atoms with Crippen LogP contribution in [-0.2, 0) is 0 Å². The number of nitrogens with one attached hydrogen (secondary N) is 1. The van der Waals surface area contributed by atoms with E-state index in [1.165, 1.54) is 6.07 Å². The van der Waals surface area contributed by atoms with E-state index < -0.39 is 22.3 Å². The first-order valence-corrected chi connectivity index (χ1v) is 6.56. The molecule has 22 heavy (non-hydrogen) atoms. The van der Waals surface area contributed by atoms with Crippen LogP contribution in [0.2, 0.25) is 0 Å². The van der Waals surface area contributed by atoms with Crippen LogP contribution in [0.4, 0.5) is 5.69 Å². The number of phenols is 1. The summed E-state index contributed by atoms with van der Waals surface area (Å²) in [5.41, 5.74) is 0.466. The highest BCUT2D eigenvalue weighted by Crippen LogP contribution is 2.32. The van der Waals surface area contributed by atoms with Crippen LogP contribution < -0.4 is 10.1 Å². The van der Waals surface area contributed by atoms with Gasteiger partial charge in [0.25, 0.3) is 5.91 Å².